The highest BCUT2D eigenvalue weighted by molar-refractivity contribution is 7.92. The van der Waals surface area contributed by atoms with Gasteiger partial charge in [-0.25, -0.2) is 9.78 Å². The first-order chi connectivity index (χ1) is 14.9. The lowest BCUT2D eigenvalue weighted by molar-refractivity contribution is 0.0520. The van der Waals surface area contributed by atoms with Crippen LogP contribution < -0.4 is 9.46 Å². The van der Waals surface area contributed by atoms with Crippen molar-refractivity contribution in [1.82, 2.24) is 9.97 Å². The van der Waals surface area contributed by atoms with E-state index in [0.29, 0.717) is 41.9 Å². The summed E-state index contributed by atoms with van der Waals surface area (Å²) in [5.74, 6) is -0.0795. The number of anilines is 1. The van der Waals surface area contributed by atoms with Gasteiger partial charge in [0.25, 0.3) is 10.0 Å². The Kier molecular flexibility index (Phi) is 7.13. The molecule has 0 fully saturated rings. The topological polar surface area (TPSA) is 120 Å². The molecule has 0 spiro atoms. The van der Waals surface area contributed by atoms with Gasteiger partial charge < -0.3 is 19.2 Å². The van der Waals surface area contributed by atoms with E-state index < -0.39 is 16.0 Å². The van der Waals surface area contributed by atoms with E-state index >= 15 is 0 Å². The molecule has 0 bridgehead atoms. The van der Waals surface area contributed by atoms with Crippen LogP contribution in [0, 0.1) is 6.92 Å². The molecule has 0 radical (unpaired) electrons. The second-order valence-corrected chi connectivity index (χ2v) is 8.36. The number of hydrogen-bond acceptors (Lipinski definition) is 7. The highest BCUT2D eigenvalue weighted by atomic mass is 32.2. The molecule has 0 saturated heterocycles. The number of esters is 1. The fourth-order valence-corrected chi connectivity index (χ4v) is 4.28. The van der Waals surface area contributed by atoms with Crippen LogP contribution in [0.3, 0.4) is 0 Å². The van der Waals surface area contributed by atoms with Crippen LogP contribution >= 0.6 is 0 Å². The Hall–Kier alpha value is -3.11. The lowest BCUT2D eigenvalue weighted by Crippen LogP contribution is -2.16. The Morgan fingerprint density at radius 3 is 2.74 bits per heavy atom. The first-order valence-electron chi connectivity index (χ1n) is 9.75. The Balaban J connectivity index is 2.02. The van der Waals surface area contributed by atoms with E-state index in [2.05, 4.69) is 14.7 Å². The molecule has 166 valence electrons. The Bertz CT molecular complexity index is 1170. The number of methoxy groups -OCH3 is 1. The molecule has 2 N–H and O–H groups in total. The molecule has 0 aliphatic rings. The molecule has 0 amide bonds. The predicted octanol–water partition coefficient (Wildman–Crippen LogP) is 3.26. The maximum Gasteiger partial charge on any atom is 0.354 e. The van der Waals surface area contributed by atoms with Crippen molar-refractivity contribution in [2.45, 2.75) is 25.3 Å². The summed E-state index contributed by atoms with van der Waals surface area (Å²) in [5.41, 5.74) is 1.39. The quantitative estimate of drug-likeness (QED) is 0.361. The Morgan fingerprint density at radius 2 is 2.03 bits per heavy atom. The third kappa shape index (κ3) is 5.33. The summed E-state index contributed by atoms with van der Waals surface area (Å²) in [6.45, 7) is 4.53. The Morgan fingerprint density at radius 1 is 1.23 bits per heavy atom. The summed E-state index contributed by atoms with van der Waals surface area (Å²) in [4.78, 5) is 19.1. The fourth-order valence-electron chi connectivity index (χ4n) is 3.04. The minimum absolute atomic E-state index is 0.0771. The highest BCUT2D eigenvalue weighted by Gasteiger charge is 2.22. The van der Waals surface area contributed by atoms with Gasteiger partial charge in [0.1, 0.15) is 11.4 Å². The van der Waals surface area contributed by atoms with Crippen molar-refractivity contribution in [2.75, 3.05) is 31.7 Å². The first kappa shape index (κ1) is 22.6. The number of ether oxygens (including phenoxy) is 3. The standard InChI is InChI=1S/C21H25N3O6S/c1-4-29-21(25)18-12-15-11-16(30-10-6-9-28-3)13-17(19(15)23-18)24-31(26,27)20-14(2)7-5-8-22-20/h5,7-8,11-13,23-24H,4,6,9-10H2,1-3H3. The van der Waals surface area contributed by atoms with Crippen LogP contribution in [0.15, 0.2) is 41.6 Å². The second kappa shape index (κ2) is 9.80. The lowest BCUT2D eigenvalue weighted by atomic mass is 10.2. The number of rotatable bonds is 10. The van der Waals surface area contributed by atoms with Crippen LogP contribution in [0.2, 0.25) is 0 Å². The molecule has 0 aliphatic heterocycles. The molecule has 2 heterocycles. The van der Waals surface area contributed by atoms with Gasteiger partial charge in [0.2, 0.25) is 0 Å². The minimum Gasteiger partial charge on any atom is -0.493 e. The number of nitrogens with zero attached hydrogens (tertiary/aromatic N) is 1. The zero-order chi connectivity index (χ0) is 22.4. The van der Waals surface area contributed by atoms with E-state index in [1.54, 1.807) is 51.3 Å². The maximum absolute atomic E-state index is 13.0. The van der Waals surface area contributed by atoms with E-state index in [4.69, 9.17) is 14.2 Å². The summed E-state index contributed by atoms with van der Waals surface area (Å²) in [7, 11) is -2.37. The first-order valence-corrected chi connectivity index (χ1v) is 11.2. The van der Waals surface area contributed by atoms with Crippen LogP contribution in [0.1, 0.15) is 29.4 Å². The van der Waals surface area contributed by atoms with Crippen LogP contribution in [0.25, 0.3) is 10.9 Å². The lowest BCUT2D eigenvalue weighted by Gasteiger charge is -2.13. The zero-order valence-electron chi connectivity index (χ0n) is 17.6. The highest BCUT2D eigenvalue weighted by Crippen LogP contribution is 2.32. The summed E-state index contributed by atoms with van der Waals surface area (Å²) in [5, 5.41) is 0.523. The van der Waals surface area contributed by atoms with Crippen molar-refractivity contribution in [2.24, 2.45) is 0 Å². The van der Waals surface area contributed by atoms with Gasteiger partial charge in [0.05, 0.1) is 24.4 Å². The molecule has 0 saturated carbocycles. The molecule has 3 rings (SSSR count). The number of fused-ring (bicyclic) bond motifs is 1. The molecule has 0 aliphatic carbocycles. The van der Waals surface area contributed by atoms with Gasteiger partial charge in [-0.15, -0.1) is 0 Å². The molecule has 3 aromatic rings. The van der Waals surface area contributed by atoms with Gasteiger partial charge in [0.15, 0.2) is 5.03 Å². The number of pyridine rings is 1. The number of nitrogens with one attached hydrogen (secondary N) is 2. The SMILES string of the molecule is CCOC(=O)c1cc2cc(OCCCOC)cc(NS(=O)(=O)c3ncccc3C)c2[nH]1. The molecule has 10 heteroatoms. The minimum atomic E-state index is -3.98. The van der Waals surface area contributed by atoms with Gasteiger partial charge in [-0.3, -0.25) is 4.72 Å². The van der Waals surface area contributed by atoms with Crippen LogP contribution in [0.4, 0.5) is 5.69 Å². The smallest absolute Gasteiger partial charge is 0.354 e. The number of benzene rings is 1. The summed E-state index contributed by atoms with van der Waals surface area (Å²) >= 11 is 0. The average molecular weight is 448 g/mol. The predicted molar refractivity (Wildman–Crippen MR) is 116 cm³/mol. The largest absolute Gasteiger partial charge is 0.493 e. The van der Waals surface area contributed by atoms with E-state index in [-0.39, 0.29) is 23.0 Å². The van der Waals surface area contributed by atoms with E-state index in [1.807, 2.05) is 0 Å². The number of sulfonamides is 1. The van der Waals surface area contributed by atoms with Crippen molar-refractivity contribution >= 4 is 32.6 Å². The molecule has 0 unspecified atom stereocenters. The second-order valence-electron chi connectivity index (χ2n) is 6.76. The number of carbonyl (C=O) groups is 1. The van der Waals surface area contributed by atoms with Crippen LogP contribution in [-0.4, -0.2) is 51.3 Å². The molecular formula is C21H25N3O6S. The monoisotopic (exact) mass is 447 g/mol. The molecule has 2 aromatic heterocycles. The van der Waals surface area contributed by atoms with E-state index in [1.165, 1.54) is 6.20 Å². The number of aromatic amines is 1. The van der Waals surface area contributed by atoms with E-state index in [0.717, 1.165) is 0 Å². The third-order valence-electron chi connectivity index (χ3n) is 4.42. The number of hydrogen-bond donors (Lipinski definition) is 2. The Labute approximate surface area is 180 Å². The summed E-state index contributed by atoms with van der Waals surface area (Å²) < 4.78 is 44.3. The molecule has 31 heavy (non-hydrogen) atoms. The van der Waals surface area contributed by atoms with Gasteiger partial charge in [0, 0.05) is 37.8 Å². The average Bonchev–Trinajstić information content (AvgIpc) is 3.16. The number of aromatic nitrogens is 2. The van der Waals surface area contributed by atoms with Crippen molar-refractivity contribution < 1.29 is 27.4 Å². The summed E-state index contributed by atoms with van der Waals surface area (Å²) in [6.07, 6.45) is 2.09. The molecular weight excluding hydrogens is 422 g/mol. The van der Waals surface area contributed by atoms with Crippen molar-refractivity contribution in [1.29, 1.82) is 0 Å². The van der Waals surface area contributed by atoms with Crippen LogP contribution in [-0.2, 0) is 19.5 Å². The number of H-pyrrole nitrogens is 1. The van der Waals surface area contributed by atoms with Crippen molar-refractivity contribution in [3.05, 3.63) is 47.8 Å². The van der Waals surface area contributed by atoms with E-state index in [9.17, 15) is 13.2 Å². The maximum atomic E-state index is 13.0. The third-order valence-corrected chi connectivity index (χ3v) is 5.84. The van der Waals surface area contributed by atoms with Crippen molar-refractivity contribution in [3.63, 3.8) is 0 Å². The number of aryl methyl sites for hydroxylation is 1. The molecule has 0 atom stereocenters. The van der Waals surface area contributed by atoms with Crippen LogP contribution in [0.5, 0.6) is 5.75 Å². The fraction of sp³-hybridized carbons (Fsp3) is 0.333. The molecule has 1 aromatic carbocycles. The number of carbonyl (C=O) groups excluding carboxylic acids is 1. The van der Waals surface area contributed by atoms with Gasteiger partial charge in [-0.05, 0) is 37.6 Å². The van der Waals surface area contributed by atoms with Crippen molar-refractivity contribution in [3.8, 4) is 5.75 Å². The summed E-state index contributed by atoms with van der Waals surface area (Å²) in [6, 6.07) is 8.22. The normalized spacial score (nSPS) is 11.5. The molecule has 9 nitrogen and oxygen atoms in total. The van der Waals surface area contributed by atoms with Gasteiger partial charge in [-0.1, -0.05) is 6.07 Å². The van der Waals surface area contributed by atoms with Gasteiger partial charge in [-0.2, -0.15) is 8.42 Å². The zero-order valence-corrected chi connectivity index (χ0v) is 18.4. The van der Waals surface area contributed by atoms with Gasteiger partial charge >= 0.3 is 5.97 Å².